The maximum atomic E-state index is 14.2. The van der Waals surface area contributed by atoms with E-state index < -0.39 is 11.7 Å². The first-order valence-corrected chi connectivity index (χ1v) is 9.64. The molecule has 1 aliphatic carbocycles. The Balaban J connectivity index is 1.35. The Morgan fingerprint density at radius 2 is 2.26 bits per heavy atom. The molecule has 0 bridgehead atoms. The van der Waals surface area contributed by atoms with E-state index in [0.29, 0.717) is 10.6 Å². The molecule has 2 amide bonds. The van der Waals surface area contributed by atoms with Crippen LogP contribution in [0.4, 0.5) is 15.3 Å². The minimum atomic E-state index is -0.519. The molecule has 1 fully saturated rings. The standard InChI is InChI=1S/C18H16FN5O2S/c19-10-3-1-5-12-15(10)16(23-22-12)24-8-9(7-14(24)25)17(26)21-18-20-11-4-2-6-13(11)27-18/h1,3,5,9H,2,4,6-8H2,(H,22,23)(H,20,21,26)/t9-/m0/s1. The molecule has 0 radical (unpaired) electrons. The number of rotatable bonds is 3. The van der Waals surface area contributed by atoms with Gasteiger partial charge >= 0.3 is 0 Å². The summed E-state index contributed by atoms with van der Waals surface area (Å²) >= 11 is 1.50. The van der Waals surface area contributed by atoms with Crippen LogP contribution in [-0.4, -0.2) is 33.5 Å². The van der Waals surface area contributed by atoms with E-state index in [-0.39, 0.29) is 36.0 Å². The average molecular weight is 385 g/mol. The fourth-order valence-corrected chi connectivity index (χ4v) is 4.80. The molecule has 1 atom stereocenters. The van der Waals surface area contributed by atoms with Crippen LogP contribution in [0.25, 0.3) is 10.9 Å². The van der Waals surface area contributed by atoms with Crippen molar-refractivity contribution >= 4 is 45.0 Å². The van der Waals surface area contributed by atoms with E-state index in [9.17, 15) is 14.0 Å². The molecule has 9 heteroatoms. The molecule has 0 unspecified atom stereocenters. The number of carbonyl (C=O) groups is 2. The van der Waals surface area contributed by atoms with E-state index in [1.54, 1.807) is 12.1 Å². The highest BCUT2D eigenvalue weighted by Crippen LogP contribution is 2.33. The second kappa shape index (κ2) is 6.12. The van der Waals surface area contributed by atoms with Gasteiger partial charge < -0.3 is 5.32 Å². The van der Waals surface area contributed by atoms with Gasteiger partial charge in [0.25, 0.3) is 0 Å². The summed E-state index contributed by atoms with van der Waals surface area (Å²) in [7, 11) is 0. The number of fused-ring (bicyclic) bond motifs is 2. The lowest BCUT2D eigenvalue weighted by molar-refractivity contribution is -0.122. The number of aryl methyl sites for hydroxylation is 2. The smallest absolute Gasteiger partial charge is 0.231 e. The normalized spacial score (nSPS) is 19.1. The van der Waals surface area contributed by atoms with Crippen LogP contribution in [0.15, 0.2) is 18.2 Å². The third-order valence-electron chi connectivity index (χ3n) is 5.10. The van der Waals surface area contributed by atoms with Crippen LogP contribution in [0, 0.1) is 11.7 Å². The monoisotopic (exact) mass is 385 g/mol. The van der Waals surface area contributed by atoms with Gasteiger partial charge in [-0.15, -0.1) is 11.3 Å². The lowest BCUT2D eigenvalue weighted by Gasteiger charge is -2.14. The lowest BCUT2D eigenvalue weighted by atomic mass is 10.1. The van der Waals surface area contributed by atoms with E-state index >= 15 is 0 Å². The second-order valence-electron chi connectivity index (χ2n) is 6.85. The van der Waals surface area contributed by atoms with Crippen LogP contribution in [0.1, 0.15) is 23.4 Å². The zero-order valence-corrected chi connectivity index (χ0v) is 15.1. The highest BCUT2D eigenvalue weighted by Gasteiger charge is 2.37. The summed E-state index contributed by atoms with van der Waals surface area (Å²) in [6.07, 6.45) is 3.15. The van der Waals surface area contributed by atoms with Crippen LogP contribution in [0.5, 0.6) is 0 Å². The van der Waals surface area contributed by atoms with Crippen molar-refractivity contribution in [1.29, 1.82) is 0 Å². The van der Waals surface area contributed by atoms with Crippen molar-refractivity contribution in [1.82, 2.24) is 15.2 Å². The molecule has 0 spiro atoms. The summed E-state index contributed by atoms with van der Waals surface area (Å²) in [6.45, 7) is 0.171. The number of benzene rings is 1. The number of halogens is 1. The van der Waals surface area contributed by atoms with Gasteiger partial charge in [-0.2, -0.15) is 5.10 Å². The quantitative estimate of drug-likeness (QED) is 0.725. The average Bonchev–Trinajstić information content (AvgIpc) is 3.37. The fourth-order valence-electron chi connectivity index (χ4n) is 3.75. The van der Waals surface area contributed by atoms with E-state index in [4.69, 9.17) is 0 Å². The first kappa shape index (κ1) is 16.4. The number of aromatic amines is 1. The van der Waals surface area contributed by atoms with Crippen molar-refractivity contribution in [2.24, 2.45) is 5.92 Å². The summed E-state index contributed by atoms with van der Waals surface area (Å²) in [6, 6.07) is 4.60. The van der Waals surface area contributed by atoms with E-state index in [0.717, 1.165) is 25.0 Å². The number of H-pyrrole nitrogens is 1. The number of nitrogens with one attached hydrogen (secondary N) is 2. The van der Waals surface area contributed by atoms with Crippen LogP contribution >= 0.6 is 11.3 Å². The number of carbonyl (C=O) groups excluding carboxylic acids is 2. The SMILES string of the molecule is O=C(Nc1nc2c(s1)CCC2)[C@H]1CC(=O)N(c2n[nH]c3cccc(F)c23)C1. The van der Waals surface area contributed by atoms with Crippen molar-refractivity contribution < 1.29 is 14.0 Å². The molecule has 138 valence electrons. The second-order valence-corrected chi connectivity index (χ2v) is 7.93. The molecule has 3 heterocycles. The summed E-state index contributed by atoms with van der Waals surface area (Å²) in [5.74, 6) is -1.22. The number of anilines is 2. The third kappa shape index (κ3) is 2.69. The van der Waals surface area contributed by atoms with Crippen molar-refractivity contribution in [2.75, 3.05) is 16.8 Å². The van der Waals surface area contributed by atoms with Gasteiger partial charge in [-0.1, -0.05) is 6.07 Å². The predicted molar refractivity (Wildman–Crippen MR) is 99.3 cm³/mol. The summed E-state index contributed by atoms with van der Waals surface area (Å²) < 4.78 is 14.2. The maximum Gasteiger partial charge on any atom is 0.231 e. The molecule has 1 aliphatic heterocycles. The van der Waals surface area contributed by atoms with E-state index in [1.807, 2.05) is 0 Å². The zero-order valence-electron chi connectivity index (χ0n) is 14.3. The Bertz CT molecular complexity index is 1050. The first-order valence-electron chi connectivity index (χ1n) is 8.82. The summed E-state index contributed by atoms with van der Waals surface area (Å²) in [5, 5.41) is 10.5. The number of hydrogen-bond donors (Lipinski definition) is 2. The molecular weight excluding hydrogens is 369 g/mol. The van der Waals surface area contributed by atoms with Gasteiger partial charge in [-0.3, -0.25) is 19.6 Å². The molecule has 27 heavy (non-hydrogen) atoms. The van der Waals surface area contributed by atoms with Crippen molar-refractivity contribution in [2.45, 2.75) is 25.7 Å². The van der Waals surface area contributed by atoms with E-state index in [1.165, 1.54) is 27.2 Å². The van der Waals surface area contributed by atoms with Crippen LogP contribution in [0.3, 0.4) is 0 Å². The molecule has 1 aromatic carbocycles. The molecule has 0 saturated carbocycles. The largest absolute Gasteiger partial charge is 0.302 e. The fraction of sp³-hybridized carbons (Fsp3) is 0.333. The summed E-state index contributed by atoms with van der Waals surface area (Å²) in [5.41, 5.74) is 1.58. The van der Waals surface area contributed by atoms with Crippen LogP contribution < -0.4 is 10.2 Å². The van der Waals surface area contributed by atoms with E-state index in [2.05, 4.69) is 20.5 Å². The minimum Gasteiger partial charge on any atom is -0.302 e. The van der Waals surface area contributed by atoms with Crippen molar-refractivity contribution in [3.63, 3.8) is 0 Å². The summed E-state index contributed by atoms with van der Waals surface area (Å²) in [4.78, 5) is 32.1. The van der Waals surface area contributed by atoms with Gasteiger partial charge in [0.1, 0.15) is 5.82 Å². The first-order chi connectivity index (χ1) is 13.1. The number of aromatic nitrogens is 3. The van der Waals surface area contributed by atoms with Gasteiger partial charge in [0.05, 0.1) is 22.5 Å². The van der Waals surface area contributed by atoms with Crippen molar-refractivity contribution in [3.8, 4) is 0 Å². The third-order valence-corrected chi connectivity index (χ3v) is 6.17. The highest BCUT2D eigenvalue weighted by atomic mass is 32.1. The topological polar surface area (TPSA) is 91.0 Å². The molecule has 2 aliphatic rings. The molecule has 5 rings (SSSR count). The molecule has 2 N–H and O–H groups in total. The predicted octanol–water partition coefficient (Wildman–Crippen LogP) is 2.64. The van der Waals surface area contributed by atoms with Gasteiger partial charge in [-0.05, 0) is 31.4 Å². The number of amides is 2. The number of thiazole rings is 1. The van der Waals surface area contributed by atoms with Crippen LogP contribution in [0.2, 0.25) is 0 Å². The Morgan fingerprint density at radius 3 is 3.11 bits per heavy atom. The Labute approximate surface area is 157 Å². The van der Waals surface area contributed by atoms with Gasteiger partial charge in [0.15, 0.2) is 10.9 Å². The number of hydrogen-bond acceptors (Lipinski definition) is 5. The van der Waals surface area contributed by atoms with Gasteiger partial charge in [0.2, 0.25) is 11.8 Å². The molecular formula is C18H16FN5O2S. The Hall–Kier alpha value is -2.81. The molecule has 7 nitrogen and oxygen atoms in total. The maximum absolute atomic E-state index is 14.2. The zero-order chi connectivity index (χ0) is 18.5. The Morgan fingerprint density at radius 1 is 1.37 bits per heavy atom. The minimum absolute atomic E-state index is 0.0692. The number of nitrogens with zero attached hydrogens (tertiary/aromatic N) is 3. The van der Waals surface area contributed by atoms with Gasteiger partial charge in [-0.25, -0.2) is 9.37 Å². The van der Waals surface area contributed by atoms with Crippen LogP contribution in [-0.2, 0) is 22.4 Å². The molecule has 2 aromatic heterocycles. The van der Waals surface area contributed by atoms with Crippen molar-refractivity contribution in [3.05, 3.63) is 34.6 Å². The van der Waals surface area contributed by atoms with Gasteiger partial charge in [0, 0.05) is 17.8 Å². The molecule has 3 aromatic rings. The molecule has 1 saturated heterocycles. The Kier molecular flexibility index (Phi) is 3.71. The highest BCUT2D eigenvalue weighted by molar-refractivity contribution is 7.15. The lowest BCUT2D eigenvalue weighted by Crippen LogP contribution is -2.28.